The predicted octanol–water partition coefficient (Wildman–Crippen LogP) is 8.69. The molecule has 2 heterocycles. The van der Waals surface area contributed by atoms with Crippen LogP contribution in [-0.4, -0.2) is 16.3 Å². The molecule has 207 valence electrons. The molecule has 0 aliphatic carbocycles. The Morgan fingerprint density at radius 3 is 1.50 bits per heavy atom. The van der Waals surface area contributed by atoms with Gasteiger partial charge in [0.05, 0.1) is 11.9 Å². The van der Waals surface area contributed by atoms with E-state index in [-0.39, 0.29) is 37.9 Å². The van der Waals surface area contributed by atoms with Crippen molar-refractivity contribution in [3.63, 3.8) is 0 Å². The number of allylic oxidation sites excluding steroid dienone is 1. The molecule has 2 aliphatic rings. The maximum atomic E-state index is 8.49. The molecule has 5 heteroatoms. The van der Waals surface area contributed by atoms with Crippen LogP contribution in [0.3, 0.4) is 0 Å². The van der Waals surface area contributed by atoms with Crippen molar-refractivity contribution in [1.29, 1.82) is 0 Å². The SMILES string of the molecule is C/C(O)=C/C(C)O.[Ir].[c-]1ccccc1C1[N-]C=Cc2ccccc21.[c-]1ccccc1C1[N-]C=Cc2ccccc21. The van der Waals surface area contributed by atoms with Crippen LogP contribution in [0, 0.1) is 12.1 Å². The second-order valence-electron chi connectivity index (χ2n) is 9.18. The van der Waals surface area contributed by atoms with Gasteiger partial charge in [-0.1, -0.05) is 83.9 Å². The smallest absolute Gasteiger partial charge is 0.0877 e. The Hall–Kier alpha value is -3.89. The van der Waals surface area contributed by atoms with Crippen molar-refractivity contribution in [3.05, 3.63) is 177 Å². The standard InChI is InChI=1S/2C15H11N.C5H10O2.Ir/c2*1-2-7-13(8-3-1)15-14-9-5-4-6-12(14)10-11-16-15;1-4(6)3-5(2)7;/h2*1-7,9-11,15H;3-4,6-7H,1-2H3;/q2*-2;;/b;;5-3-;. The van der Waals surface area contributed by atoms with E-state index in [1.807, 2.05) is 48.8 Å². The van der Waals surface area contributed by atoms with Crippen LogP contribution < -0.4 is 0 Å². The van der Waals surface area contributed by atoms with Gasteiger partial charge in [-0.3, -0.25) is 0 Å². The van der Waals surface area contributed by atoms with Crippen LogP contribution in [-0.2, 0) is 20.1 Å². The number of rotatable bonds is 3. The Balaban J connectivity index is 0.000000177. The molecule has 4 aromatic carbocycles. The molecule has 4 nitrogen and oxygen atoms in total. The van der Waals surface area contributed by atoms with Crippen LogP contribution in [0.4, 0.5) is 0 Å². The Morgan fingerprint density at radius 2 is 1.15 bits per heavy atom. The van der Waals surface area contributed by atoms with E-state index in [1.54, 1.807) is 6.92 Å². The number of nitrogens with zero attached hydrogens (tertiary/aromatic N) is 2. The number of fused-ring (bicyclic) bond motifs is 2. The summed E-state index contributed by atoms with van der Waals surface area (Å²) in [6.07, 6.45) is 8.69. The molecule has 3 atom stereocenters. The molecule has 6 rings (SSSR count). The molecule has 40 heavy (non-hydrogen) atoms. The van der Waals surface area contributed by atoms with Crippen molar-refractivity contribution in [2.24, 2.45) is 0 Å². The molecule has 1 radical (unpaired) electrons. The fraction of sp³-hybridized carbons (Fsp3) is 0.143. The monoisotopic (exact) mass is 705 g/mol. The average molecular weight is 705 g/mol. The number of aliphatic hydroxyl groups is 2. The number of hydrogen-bond acceptors (Lipinski definition) is 2. The van der Waals surface area contributed by atoms with Crippen LogP contribution in [0.25, 0.3) is 22.8 Å². The molecule has 0 saturated carbocycles. The van der Waals surface area contributed by atoms with E-state index in [9.17, 15) is 0 Å². The minimum Gasteiger partial charge on any atom is -0.682 e. The first kappa shape index (κ1) is 30.6. The zero-order valence-corrected chi connectivity index (χ0v) is 24.9. The quantitative estimate of drug-likeness (QED) is 0.166. The van der Waals surface area contributed by atoms with Gasteiger partial charge in [0.15, 0.2) is 0 Å². The molecule has 0 spiro atoms. The second kappa shape index (κ2) is 15.6. The molecular weight excluding hydrogens is 673 g/mol. The van der Waals surface area contributed by atoms with Crippen LogP contribution >= 0.6 is 0 Å². The Morgan fingerprint density at radius 1 is 0.725 bits per heavy atom. The molecule has 4 aromatic rings. The zero-order valence-electron chi connectivity index (χ0n) is 22.5. The van der Waals surface area contributed by atoms with Gasteiger partial charge in [-0.2, -0.15) is 84.2 Å². The van der Waals surface area contributed by atoms with Crippen LogP contribution in [0.15, 0.2) is 121 Å². The summed E-state index contributed by atoms with van der Waals surface area (Å²) in [6.45, 7) is 3.10. The minimum absolute atomic E-state index is 0. The van der Waals surface area contributed by atoms with Crippen molar-refractivity contribution in [1.82, 2.24) is 0 Å². The van der Waals surface area contributed by atoms with Crippen LogP contribution in [0.1, 0.15) is 59.3 Å². The molecule has 2 aliphatic heterocycles. The molecule has 2 N–H and O–H groups in total. The van der Waals surface area contributed by atoms with Gasteiger partial charge in [0.1, 0.15) is 0 Å². The summed E-state index contributed by atoms with van der Waals surface area (Å²) in [5.74, 6) is 0.162. The fourth-order valence-corrected chi connectivity index (χ4v) is 4.40. The van der Waals surface area contributed by atoms with Gasteiger partial charge in [-0.05, 0) is 31.1 Å². The average Bonchev–Trinajstić information content (AvgIpc) is 2.97. The molecule has 0 aromatic heterocycles. The Bertz CT molecular complexity index is 1310. The summed E-state index contributed by atoms with van der Waals surface area (Å²) < 4.78 is 0. The van der Waals surface area contributed by atoms with Gasteiger partial charge in [0.25, 0.3) is 0 Å². The maximum absolute atomic E-state index is 8.49. The molecular formula is C35H32IrN2O2-4. The summed E-state index contributed by atoms with van der Waals surface area (Å²) in [5, 5.41) is 26.0. The van der Waals surface area contributed by atoms with Crippen LogP contribution in [0.2, 0.25) is 0 Å². The first-order valence-electron chi connectivity index (χ1n) is 12.9. The predicted molar refractivity (Wildman–Crippen MR) is 160 cm³/mol. The van der Waals surface area contributed by atoms with Gasteiger partial charge >= 0.3 is 0 Å². The normalized spacial score (nSPS) is 17.0. The largest absolute Gasteiger partial charge is 0.682 e. The van der Waals surface area contributed by atoms with Crippen molar-refractivity contribution >= 4 is 12.2 Å². The molecule has 3 unspecified atom stereocenters. The van der Waals surface area contributed by atoms with E-state index in [0.29, 0.717) is 0 Å². The topological polar surface area (TPSA) is 68.7 Å². The first-order chi connectivity index (χ1) is 19.0. The van der Waals surface area contributed by atoms with Gasteiger partial charge < -0.3 is 20.8 Å². The molecule has 0 amide bonds. The van der Waals surface area contributed by atoms with Crippen molar-refractivity contribution in [2.45, 2.75) is 32.0 Å². The summed E-state index contributed by atoms with van der Waals surface area (Å²) in [5.41, 5.74) is 7.26. The minimum atomic E-state index is -0.537. The first-order valence-corrected chi connectivity index (χ1v) is 12.9. The van der Waals surface area contributed by atoms with E-state index in [1.165, 1.54) is 35.3 Å². The van der Waals surface area contributed by atoms with Crippen molar-refractivity contribution in [2.75, 3.05) is 0 Å². The Kier molecular flexibility index (Phi) is 12.0. The third-order valence-electron chi connectivity index (χ3n) is 6.10. The summed E-state index contributed by atoms with van der Waals surface area (Å²) >= 11 is 0. The Labute approximate surface area is 251 Å². The third kappa shape index (κ3) is 8.56. The fourth-order valence-electron chi connectivity index (χ4n) is 4.40. The third-order valence-corrected chi connectivity index (χ3v) is 6.10. The number of hydrogen-bond donors (Lipinski definition) is 2. The van der Waals surface area contributed by atoms with E-state index in [2.05, 4.69) is 95.6 Å². The number of aliphatic hydroxyl groups excluding tert-OH is 2. The summed E-state index contributed by atoms with van der Waals surface area (Å²) in [7, 11) is 0. The molecule has 0 saturated heterocycles. The summed E-state index contributed by atoms with van der Waals surface area (Å²) in [6, 6.07) is 39.5. The van der Waals surface area contributed by atoms with E-state index in [4.69, 9.17) is 10.2 Å². The van der Waals surface area contributed by atoms with Gasteiger partial charge in [-0.15, -0.1) is 0 Å². The van der Waals surface area contributed by atoms with Crippen LogP contribution in [0.5, 0.6) is 0 Å². The summed E-state index contributed by atoms with van der Waals surface area (Å²) in [4.78, 5) is 0. The van der Waals surface area contributed by atoms with Crippen molar-refractivity contribution in [3.8, 4) is 0 Å². The zero-order chi connectivity index (χ0) is 27.5. The second-order valence-corrected chi connectivity index (χ2v) is 9.18. The number of benzene rings is 4. The van der Waals surface area contributed by atoms with Gasteiger partial charge in [0.2, 0.25) is 0 Å². The molecule has 0 fully saturated rings. The van der Waals surface area contributed by atoms with E-state index < -0.39 is 6.10 Å². The maximum Gasteiger partial charge on any atom is 0.0877 e. The van der Waals surface area contributed by atoms with E-state index in [0.717, 1.165) is 11.1 Å². The van der Waals surface area contributed by atoms with Crippen molar-refractivity contribution < 1.29 is 30.3 Å². The molecule has 0 bridgehead atoms. The van der Waals surface area contributed by atoms with Gasteiger partial charge in [-0.25, -0.2) is 0 Å². The van der Waals surface area contributed by atoms with Gasteiger partial charge in [0, 0.05) is 20.1 Å². The van der Waals surface area contributed by atoms with E-state index >= 15 is 0 Å².